The van der Waals surface area contributed by atoms with E-state index < -0.39 is 0 Å². The molecule has 2 aromatic carbocycles. The van der Waals surface area contributed by atoms with Crippen molar-refractivity contribution in [2.45, 2.75) is 20.0 Å². The molecule has 0 aliphatic carbocycles. The first-order valence-corrected chi connectivity index (χ1v) is 11.1. The number of carbonyl (C=O) groups is 1. The Kier molecular flexibility index (Phi) is 5.07. The van der Waals surface area contributed by atoms with Crippen LogP contribution in [0.25, 0.3) is 6.08 Å². The van der Waals surface area contributed by atoms with E-state index in [0.717, 1.165) is 30.0 Å². The minimum atomic E-state index is -0.155. The molecule has 0 unspecified atom stereocenters. The molecule has 2 aliphatic rings. The van der Waals surface area contributed by atoms with Gasteiger partial charge in [0.05, 0.1) is 5.56 Å². The molecule has 0 fully saturated rings. The average Bonchev–Trinajstić information content (AvgIpc) is 3.33. The Morgan fingerprint density at radius 3 is 2.83 bits per heavy atom. The van der Waals surface area contributed by atoms with Gasteiger partial charge in [-0.15, -0.1) is 11.3 Å². The molecule has 0 bridgehead atoms. The molecular weight excluding hydrogens is 441 g/mol. The maximum atomic E-state index is 13.0. The molecule has 0 saturated heterocycles. The Balaban J connectivity index is 1.45. The van der Waals surface area contributed by atoms with Gasteiger partial charge < -0.3 is 9.47 Å². The normalized spacial score (nSPS) is 16.9. The van der Waals surface area contributed by atoms with Gasteiger partial charge in [-0.1, -0.05) is 35.3 Å². The largest absolute Gasteiger partial charge is 0.477 e. The van der Waals surface area contributed by atoms with Crippen LogP contribution in [0.5, 0.6) is 11.5 Å². The number of hydrogen-bond donors (Lipinski definition) is 0. The Hall–Kier alpha value is -2.31. The molecule has 30 heavy (non-hydrogen) atoms. The number of rotatable bonds is 3. The summed E-state index contributed by atoms with van der Waals surface area (Å²) in [6, 6.07) is 11.2. The topological polar surface area (TPSA) is 38.8 Å². The first-order chi connectivity index (χ1) is 14.5. The monoisotopic (exact) mass is 457 g/mol. The lowest BCUT2D eigenvalue weighted by atomic mass is 10.00. The number of ether oxygens (including phenoxy) is 2. The molecule has 2 aliphatic heterocycles. The zero-order chi connectivity index (χ0) is 20.8. The van der Waals surface area contributed by atoms with Crippen molar-refractivity contribution in [3.8, 4) is 11.5 Å². The van der Waals surface area contributed by atoms with E-state index in [1.54, 1.807) is 35.6 Å². The van der Waals surface area contributed by atoms with Gasteiger partial charge in [0.25, 0.3) is 0 Å². The lowest BCUT2D eigenvalue weighted by molar-refractivity contribution is 0.0886. The van der Waals surface area contributed by atoms with Crippen molar-refractivity contribution in [2.24, 2.45) is 0 Å². The summed E-state index contributed by atoms with van der Waals surface area (Å²) in [6.07, 6.45) is 1.66. The van der Waals surface area contributed by atoms with Crippen LogP contribution in [0.1, 0.15) is 31.9 Å². The molecule has 7 heteroatoms. The summed E-state index contributed by atoms with van der Waals surface area (Å²) in [5, 5.41) is 3.07. The molecule has 0 atom stereocenters. The minimum Gasteiger partial charge on any atom is -0.477 e. The van der Waals surface area contributed by atoms with Crippen LogP contribution in [-0.2, 0) is 13.1 Å². The number of nitrogens with zero attached hydrogens (tertiary/aromatic N) is 1. The van der Waals surface area contributed by atoms with Gasteiger partial charge in [-0.05, 0) is 48.2 Å². The molecule has 5 rings (SSSR count). The van der Waals surface area contributed by atoms with Gasteiger partial charge in [0.2, 0.25) is 5.78 Å². The third-order valence-electron chi connectivity index (χ3n) is 5.21. The highest BCUT2D eigenvalue weighted by atomic mass is 35.5. The number of Topliss-reactive ketones (excluding diaryl/α,β-unsaturated/α-hetero) is 1. The van der Waals surface area contributed by atoms with Crippen LogP contribution in [0.4, 0.5) is 0 Å². The summed E-state index contributed by atoms with van der Waals surface area (Å²) in [5.41, 5.74) is 3.08. The van der Waals surface area contributed by atoms with Crippen LogP contribution in [0.3, 0.4) is 0 Å². The van der Waals surface area contributed by atoms with Crippen molar-refractivity contribution in [3.05, 3.63) is 84.7 Å². The predicted octanol–water partition coefficient (Wildman–Crippen LogP) is 6.33. The van der Waals surface area contributed by atoms with E-state index in [1.807, 2.05) is 19.1 Å². The predicted molar refractivity (Wildman–Crippen MR) is 120 cm³/mol. The molecule has 0 spiro atoms. The fourth-order valence-electron chi connectivity index (χ4n) is 3.78. The number of thiophene rings is 1. The molecule has 0 saturated carbocycles. The zero-order valence-electron chi connectivity index (χ0n) is 16.1. The second-order valence-corrected chi connectivity index (χ2v) is 9.19. The van der Waals surface area contributed by atoms with Gasteiger partial charge in [-0.2, -0.15) is 0 Å². The number of allylic oxidation sites excluding steroid dienone is 1. The summed E-state index contributed by atoms with van der Waals surface area (Å²) in [6.45, 7) is 3.97. The fourth-order valence-corrected chi connectivity index (χ4v) is 4.99. The average molecular weight is 458 g/mol. The standard InChI is InChI=1S/C23H17Cl2NO3S/c1-13-22-15(10-26(12-28-22)11-17-3-2-6-30-17)7-18-21(27)20(29-23(13)18)8-14-4-5-16(24)9-19(14)25/h2-9H,10-12H2,1H3/b20-8-. The minimum absolute atomic E-state index is 0.155. The van der Waals surface area contributed by atoms with Gasteiger partial charge in [-0.25, -0.2) is 0 Å². The number of fused-ring (bicyclic) bond motifs is 2. The van der Waals surface area contributed by atoms with Crippen LogP contribution < -0.4 is 9.47 Å². The molecule has 3 heterocycles. The van der Waals surface area contributed by atoms with E-state index in [2.05, 4.69) is 16.3 Å². The maximum Gasteiger partial charge on any atom is 0.231 e. The quantitative estimate of drug-likeness (QED) is 0.430. The maximum absolute atomic E-state index is 13.0. The number of ketones is 1. The highest BCUT2D eigenvalue weighted by molar-refractivity contribution is 7.09. The van der Waals surface area contributed by atoms with E-state index in [-0.39, 0.29) is 11.5 Å². The van der Waals surface area contributed by atoms with Crippen molar-refractivity contribution < 1.29 is 14.3 Å². The number of benzene rings is 2. The second-order valence-electron chi connectivity index (χ2n) is 7.31. The Morgan fingerprint density at radius 1 is 1.20 bits per heavy atom. The number of carbonyl (C=O) groups excluding carboxylic acids is 1. The fraction of sp³-hybridized carbons (Fsp3) is 0.174. The van der Waals surface area contributed by atoms with Crippen LogP contribution in [0, 0.1) is 6.92 Å². The van der Waals surface area contributed by atoms with E-state index >= 15 is 0 Å². The summed E-state index contributed by atoms with van der Waals surface area (Å²) in [4.78, 5) is 16.5. The molecular formula is C23H17Cl2NO3S. The lowest BCUT2D eigenvalue weighted by Crippen LogP contribution is -2.31. The molecule has 1 aromatic heterocycles. The summed E-state index contributed by atoms with van der Waals surface area (Å²) in [5.74, 6) is 1.45. The van der Waals surface area contributed by atoms with Crippen LogP contribution in [0.15, 0.2) is 47.5 Å². The number of halogens is 2. The smallest absolute Gasteiger partial charge is 0.231 e. The summed E-state index contributed by atoms with van der Waals surface area (Å²) in [7, 11) is 0. The van der Waals surface area contributed by atoms with Gasteiger partial charge in [0.15, 0.2) is 5.76 Å². The molecule has 4 nitrogen and oxygen atoms in total. The SMILES string of the molecule is Cc1c2c(cc3c1O/C(=C\c1ccc(Cl)cc1Cl)C3=O)CN(Cc1cccs1)CO2. The van der Waals surface area contributed by atoms with Crippen molar-refractivity contribution >= 4 is 46.4 Å². The van der Waals surface area contributed by atoms with Crippen LogP contribution in [0.2, 0.25) is 10.0 Å². The van der Waals surface area contributed by atoms with E-state index in [9.17, 15) is 4.79 Å². The third kappa shape index (κ3) is 3.52. The van der Waals surface area contributed by atoms with E-state index in [4.69, 9.17) is 32.7 Å². The van der Waals surface area contributed by atoms with Gasteiger partial charge in [0.1, 0.15) is 18.2 Å². The second kappa shape index (κ2) is 7.75. The lowest BCUT2D eigenvalue weighted by Gasteiger charge is -2.30. The first-order valence-electron chi connectivity index (χ1n) is 9.43. The number of hydrogen-bond acceptors (Lipinski definition) is 5. The molecule has 0 N–H and O–H groups in total. The Morgan fingerprint density at radius 2 is 2.07 bits per heavy atom. The van der Waals surface area contributed by atoms with Gasteiger partial charge in [0, 0.05) is 39.1 Å². The highest BCUT2D eigenvalue weighted by Crippen LogP contribution is 2.43. The van der Waals surface area contributed by atoms with E-state index in [0.29, 0.717) is 33.7 Å². The van der Waals surface area contributed by atoms with Crippen molar-refractivity contribution in [3.63, 3.8) is 0 Å². The molecule has 152 valence electrons. The van der Waals surface area contributed by atoms with Gasteiger partial charge >= 0.3 is 0 Å². The van der Waals surface area contributed by atoms with Crippen LogP contribution >= 0.6 is 34.5 Å². The van der Waals surface area contributed by atoms with Crippen molar-refractivity contribution in [1.29, 1.82) is 0 Å². The Labute approximate surface area is 188 Å². The van der Waals surface area contributed by atoms with Gasteiger partial charge in [-0.3, -0.25) is 9.69 Å². The van der Waals surface area contributed by atoms with Crippen LogP contribution in [-0.4, -0.2) is 17.4 Å². The highest BCUT2D eigenvalue weighted by Gasteiger charge is 2.33. The van der Waals surface area contributed by atoms with Crippen molar-refractivity contribution in [2.75, 3.05) is 6.73 Å². The third-order valence-corrected chi connectivity index (χ3v) is 6.63. The Bertz CT molecular complexity index is 1190. The van der Waals surface area contributed by atoms with Crippen molar-refractivity contribution in [1.82, 2.24) is 4.90 Å². The summed E-state index contributed by atoms with van der Waals surface area (Å²) < 4.78 is 12.0. The first kappa shape index (κ1) is 19.6. The molecule has 0 radical (unpaired) electrons. The summed E-state index contributed by atoms with van der Waals surface area (Å²) >= 11 is 13.9. The molecule has 0 amide bonds. The zero-order valence-corrected chi connectivity index (χ0v) is 18.4. The van der Waals surface area contributed by atoms with E-state index in [1.165, 1.54) is 4.88 Å². The molecule has 3 aromatic rings.